The van der Waals surface area contributed by atoms with Gasteiger partial charge in [0.05, 0.1) is 18.7 Å². The molecule has 1 amide bonds. The summed E-state index contributed by atoms with van der Waals surface area (Å²) in [6.45, 7) is 1.98. The maximum absolute atomic E-state index is 11.5. The number of hydroxylamine groups is 1. The number of esters is 1. The van der Waals surface area contributed by atoms with Crippen molar-refractivity contribution in [3.05, 3.63) is 30.3 Å². The molecule has 0 unspecified atom stereocenters. The highest BCUT2D eigenvalue weighted by atomic mass is 16.5. The summed E-state index contributed by atoms with van der Waals surface area (Å²) in [5.41, 5.74) is 0.376. The van der Waals surface area contributed by atoms with Gasteiger partial charge in [0.15, 0.2) is 0 Å². The summed E-state index contributed by atoms with van der Waals surface area (Å²) >= 11 is 0. The molecule has 0 radical (unpaired) electrons. The van der Waals surface area contributed by atoms with E-state index in [1.54, 1.807) is 37.3 Å². The summed E-state index contributed by atoms with van der Waals surface area (Å²) in [5, 5.41) is 10.1. The molecule has 0 saturated carbocycles. The van der Waals surface area contributed by atoms with Crippen LogP contribution in [0.5, 0.6) is 0 Å². The van der Waals surface area contributed by atoms with E-state index in [-0.39, 0.29) is 19.4 Å². The summed E-state index contributed by atoms with van der Waals surface area (Å²) < 4.78 is 4.69. The fraction of sp³-hybridized carbons (Fsp3) is 0.333. The van der Waals surface area contributed by atoms with E-state index in [9.17, 15) is 14.8 Å². The third-order valence-corrected chi connectivity index (χ3v) is 2.09. The van der Waals surface area contributed by atoms with E-state index in [4.69, 9.17) is 0 Å². The number of benzene rings is 1. The van der Waals surface area contributed by atoms with Gasteiger partial charge in [0, 0.05) is 6.42 Å². The molecule has 0 aromatic heterocycles. The van der Waals surface area contributed by atoms with E-state index >= 15 is 0 Å². The minimum atomic E-state index is -0.538. The molecule has 0 bridgehead atoms. The van der Waals surface area contributed by atoms with Gasteiger partial charge in [-0.15, -0.1) is 0 Å². The van der Waals surface area contributed by atoms with Gasteiger partial charge in [0.25, 0.3) is 5.91 Å². The van der Waals surface area contributed by atoms with Gasteiger partial charge < -0.3 is 4.74 Å². The Labute approximate surface area is 99.6 Å². The Morgan fingerprint density at radius 2 is 1.88 bits per heavy atom. The third kappa shape index (κ3) is 4.24. The number of ether oxygens (including phenoxy) is 1. The van der Waals surface area contributed by atoms with Crippen LogP contribution in [0, 0.1) is 0 Å². The fourth-order valence-electron chi connectivity index (χ4n) is 1.26. The fourth-order valence-corrected chi connectivity index (χ4v) is 1.26. The number of carbonyl (C=O) groups excluding carboxylic acids is 2. The molecule has 5 nitrogen and oxygen atoms in total. The molecule has 0 aliphatic rings. The van der Waals surface area contributed by atoms with Crippen molar-refractivity contribution in [1.82, 2.24) is 0 Å². The summed E-state index contributed by atoms with van der Waals surface area (Å²) in [4.78, 5) is 22.6. The van der Waals surface area contributed by atoms with Crippen LogP contribution in [-0.4, -0.2) is 23.7 Å². The Bertz CT molecular complexity index is 377. The van der Waals surface area contributed by atoms with Crippen molar-refractivity contribution in [2.24, 2.45) is 0 Å². The van der Waals surface area contributed by atoms with Crippen LogP contribution < -0.4 is 5.06 Å². The van der Waals surface area contributed by atoms with Crippen molar-refractivity contribution in [1.29, 1.82) is 0 Å². The van der Waals surface area contributed by atoms with Crippen molar-refractivity contribution in [3.8, 4) is 0 Å². The smallest absolute Gasteiger partial charge is 0.306 e. The zero-order valence-corrected chi connectivity index (χ0v) is 9.63. The van der Waals surface area contributed by atoms with Gasteiger partial charge in [-0.3, -0.25) is 14.8 Å². The maximum Gasteiger partial charge on any atom is 0.306 e. The molecular weight excluding hydrogens is 222 g/mol. The number of para-hydroxylation sites is 1. The summed E-state index contributed by atoms with van der Waals surface area (Å²) in [5.74, 6) is -0.980. The SMILES string of the molecule is CCOC(=O)CCC(=O)N(O)c1ccccc1. The normalized spacial score (nSPS) is 9.76. The molecule has 92 valence electrons. The van der Waals surface area contributed by atoms with E-state index in [0.717, 1.165) is 0 Å². The van der Waals surface area contributed by atoms with E-state index in [1.807, 2.05) is 0 Å². The second-order valence-electron chi connectivity index (χ2n) is 3.35. The Morgan fingerprint density at radius 3 is 2.47 bits per heavy atom. The molecule has 1 N–H and O–H groups in total. The summed E-state index contributed by atoms with van der Waals surface area (Å²) in [7, 11) is 0. The number of nitrogens with zero attached hydrogens (tertiary/aromatic N) is 1. The summed E-state index contributed by atoms with van der Waals surface area (Å²) in [6.07, 6.45) is -0.110. The first-order chi connectivity index (χ1) is 8.15. The van der Waals surface area contributed by atoms with Crippen LogP contribution in [0.4, 0.5) is 5.69 Å². The lowest BCUT2D eigenvalue weighted by Crippen LogP contribution is -2.27. The van der Waals surface area contributed by atoms with Gasteiger partial charge in [-0.2, -0.15) is 5.06 Å². The largest absolute Gasteiger partial charge is 0.466 e. The van der Waals surface area contributed by atoms with E-state index < -0.39 is 11.9 Å². The lowest BCUT2D eigenvalue weighted by atomic mass is 10.2. The third-order valence-electron chi connectivity index (χ3n) is 2.09. The first kappa shape index (κ1) is 13.2. The molecule has 0 aliphatic carbocycles. The van der Waals surface area contributed by atoms with E-state index in [1.165, 1.54) is 0 Å². The predicted molar refractivity (Wildman–Crippen MR) is 61.6 cm³/mol. The average molecular weight is 237 g/mol. The number of anilines is 1. The van der Waals surface area contributed by atoms with Crippen molar-refractivity contribution >= 4 is 17.6 Å². The first-order valence-electron chi connectivity index (χ1n) is 5.37. The Morgan fingerprint density at radius 1 is 1.24 bits per heavy atom. The van der Waals surface area contributed by atoms with E-state index in [2.05, 4.69) is 4.74 Å². The molecule has 1 aromatic rings. The van der Waals surface area contributed by atoms with Crippen LogP contribution >= 0.6 is 0 Å². The monoisotopic (exact) mass is 237 g/mol. The zero-order chi connectivity index (χ0) is 12.7. The molecule has 0 fully saturated rings. The van der Waals surface area contributed by atoms with Crippen molar-refractivity contribution in [2.75, 3.05) is 11.7 Å². The molecule has 1 rings (SSSR count). The van der Waals surface area contributed by atoms with Gasteiger partial charge >= 0.3 is 5.97 Å². The number of hydrogen-bond donors (Lipinski definition) is 1. The Hall–Kier alpha value is -1.88. The average Bonchev–Trinajstić information content (AvgIpc) is 2.36. The number of amides is 1. The molecule has 5 heteroatoms. The Kier molecular flexibility index (Phi) is 5.16. The van der Waals surface area contributed by atoms with Crippen LogP contribution in [-0.2, 0) is 14.3 Å². The van der Waals surface area contributed by atoms with Crippen molar-refractivity contribution in [3.63, 3.8) is 0 Å². The van der Waals surface area contributed by atoms with Crippen LogP contribution in [0.1, 0.15) is 19.8 Å². The molecule has 0 heterocycles. The number of carbonyl (C=O) groups is 2. The first-order valence-corrected chi connectivity index (χ1v) is 5.37. The number of rotatable bonds is 5. The zero-order valence-electron chi connectivity index (χ0n) is 9.63. The van der Waals surface area contributed by atoms with Crippen LogP contribution in [0.25, 0.3) is 0 Å². The minimum absolute atomic E-state index is 0.0312. The molecule has 0 saturated heterocycles. The van der Waals surface area contributed by atoms with Crippen LogP contribution in [0.15, 0.2) is 30.3 Å². The highest BCUT2D eigenvalue weighted by Crippen LogP contribution is 2.12. The van der Waals surface area contributed by atoms with Gasteiger partial charge in [0.1, 0.15) is 0 Å². The molecule has 1 aromatic carbocycles. The van der Waals surface area contributed by atoms with Crippen molar-refractivity contribution < 1.29 is 19.5 Å². The maximum atomic E-state index is 11.5. The second kappa shape index (κ2) is 6.65. The quantitative estimate of drug-likeness (QED) is 0.481. The predicted octanol–water partition coefficient (Wildman–Crippen LogP) is 1.75. The lowest BCUT2D eigenvalue weighted by Gasteiger charge is -2.14. The van der Waals surface area contributed by atoms with Crippen molar-refractivity contribution in [2.45, 2.75) is 19.8 Å². The van der Waals surface area contributed by atoms with Crippen LogP contribution in [0.3, 0.4) is 0 Å². The summed E-state index contributed by atoms with van der Waals surface area (Å²) in [6, 6.07) is 8.39. The van der Waals surface area contributed by atoms with E-state index in [0.29, 0.717) is 10.8 Å². The molecule has 17 heavy (non-hydrogen) atoms. The second-order valence-corrected chi connectivity index (χ2v) is 3.35. The molecule has 0 spiro atoms. The molecule has 0 atom stereocenters. The van der Waals surface area contributed by atoms with Gasteiger partial charge in [-0.25, -0.2) is 0 Å². The number of hydrogen-bond acceptors (Lipinski definition) is 4. The van der Waals surface area contributed by atoms with Gasteiger partial charge in [-0.1, -0.05) is 18.2 Å². The minimum Gasteiger partial charge on any atom is -0.466 e. The highest BCUT2D eigenvalue weighted by Gasteiger charge is 2.14. The Balaban J connectivity index is 2.45. The molecule has 0 aliphatic heterocycles. The topological polar surface area (TPSA) is 66.8 Å². The van der Waals surface area contributed by atoms with Gasteiger partial charge in [-0.05, 0) is 19.1 Å². The van der Waals surface area contributed by atoms with Crippen LogP contribution in [0.2, 0.25) is 0 Å². The highest BCUT2D eigenvalue weighted by molar-refractivity contribution is 5.92. The molecular formula is C12H15NO4. The standard InChI is InChI=1S/C12H15NO4/c1-2-17-12(15)9-8-11(14)13(16)10-6-4-3-5-7-10/h3-7,16H,2,8-9H2,1H3. The van der Waals surface area contributed by atoms with Gasteiger partial charge in [0.2, 0.25) is 0 Å². The lowest BCUT2D eigenvalue weighted by molar-refractivity contribution is -0.144.